The number of ketones is 6. The fourth-order valence-corrected chi connectivity index (χ4v) is 11.5. The van der Waals surface area contributed by atoms with Gasteiger partial charge in [0.2, 0.25) is 0 Å². The molecule has 0 radical (unpaired) electrons. The number of H-pyrrole nitrogens is 5. The molecule has 6 aromatic carbocycles. The second kappa shape index (κ2) is 33.5. The highest BCUT2D eigenvalue weighted by Crippen LogP contribution is 2.30. The lowest BCUT2D eigenvalue weighted by molar-refractivity contribution is -0.121. The van der Waals surface area contributed by atoms with Gasteiger partial charge in [0, 0.05) is 108 Å². The van der Waals surface area contributed by atoms with Gasteiger partial charge in [-0.3, -0.25) is 28.8 Å². The number of nitrogens with two attached hydrogens (primary N) is 6. The van der Waals surface area contributed by atoms with Gasteiger partial charge in [-0.05, 0) is 216 Å². The minimum absolute atomic E-state index is 0.0118. The Kier molecular flexibility index (Phi) is 25.9. The lowest BCUT2D eigenvalue weighted by Gasteiger charge is -2.22. The minimum atomic E-state index is -0.787. The fraction of sp³-hybridized carbons (Fsp3) is 0.325. The summed E-state index contributed by atoms with van der Waals surface area (Å²) in [5.41, 5.74) is 51.2. The van der Waals surface area contributed by atoms with Crippen molar-refractivity contribution in [2.75, 3.05) is 0 Å². The Morgan fingerprint density at radius 2 is 0.755 bits per heavy atom. The van der Waals surface area contributed by atoms with Gasteiger partial charge in [0.1, 0.15) is 34.7 Å². The molecule has 18 heteroatoms. The fourth-order valence-electron chi connectivity index (χ4n) is 11.5. The Bertz CT molecular complexity index is 4730. The van der Waals surface area contributed by atoms with Gasteiger partial charge >= 0.3 is 0 Å². The maximum atomic E-state index is 11.4. The standard InChI is InChI=1S/C16H22N2O.4C13H16N2O.C12H14N2O/c1-11(19)14(17)9-12-10-18(16(2,3)4)15-8-6-5-7-13(12)15;1-8-3-4-13-11(5-8)10(7-15-13)6-12(14)9(2)16;1-8-3-4-11-10(6-12(14)9(2)16)7-15-13(11)5-8;1-8-4-3-5-12-13(8)10(7-15-12)6-11(14)9(2)16;1-9(16)13(2,14)7-10-8-15-12-6-4-3-5-11(10)12;1-8(15)11(13)6-9-7-14-12-5-3-2-4-10(9)12/h5-8,10,14H,9,17H2,1-4H3;2*3-5,7,12,15H,6,14H2,1-2H3;3-5,7,11,15H,6,14H2,1-2H3;3-6,8,15H,7,14H2,1-2H3;2-5,7,11,14H,6,13H2,1H3. The predicted octanol–water partition coefficient (Wildman–Crippen LogP) is 12.3. The third kappa shape index (κ3) is 20.0. The summed E-state index contributed by atoms with van der Waals surface area (Å²) in [6.07, 6.45) is 15.3. The molecule has 0 spiro atoms. The molecule has 0 saturated carbocycles. The summed E-state index contributed by atoms with van der Waals surface area (Å²) >= 11 is 0. The van der Waals surface area contributed by atoms with Crippen molar-refractivity contribution >= 4 is 100 Å². The molecule has 18 nitrogen and oxygen atoms in total. The number of nitrogens with zero attached hydrogens (tertiary/aromatic N) is 1. The lowest BCUT2D eigenvalue weighted by Crippen LogP contribution is -2.45. The highest BCUT2D eigenvalue weighted by molar-refractivity contribution is 5.92. The average molecular weight is 1330 g/mol. The van der Waals surface area contributed by atoms with Crippen molar-refractivity contribution in [3.63, 3.8) is 0 Å². The van der Waals surface area contributed by atoms with E-state index < -0.39 is 35.7 Å². The first-order chi connectivity index (χ1) is 46.2. The normalized spacial score (nSPS) is 13.4. The number of aromatic nitrogens is 6. The summed E-state index contributed by atoms with van der Waals surface area (Å²) in [6, 6.07) is 40.9. The van der Waals surface area contributed by atoms with Gasteiger partial charge in [0.25, 0.3) is 0 Å². The number of Topliss-reactive ketones (excluding diaryl/α,β-unsaturated/α-hetero) is 6. The van der Waals surface area contributed by atoms with Crippen molar-refractivity contribution in [1.29, 1.82) is 0 Å². The first-order valence-corrected chi connectivity index (χ1v) is 33.2. The predicted molar refractivity (Wildman–Crippen MR) is 401 cm³/mol. The summed E-state index contributed by atoms with van der Waals surface area (Å²) in [7, 11) is 0. The quantitative estimate of drug-likeness (QED) is 0.0382. The highest BCUT2D eigenvalue weighted by Gasteiger charge is 2.26. The lowest BCUT2D eigenvalue weighted by atomic mass is 9.90. The first-order valence-electron chi connectivity index (χ1n) is 33.2. The number of aryl methyl sites for hydroxylation is 3. The molecule has 6 atom stereocenters. The summed E-state index contributed by atoms with van der Waals surface area (Å²) < 4.78 is 2.25. The van der Waals surface area contributed by atoms with E-state index in [4.69, 9.17) is 34.4 Å². The zero-order valence-corrected chi connectivity index (χ0v) is 59.1. The molecule has 0 aliphatic heterocycles. The van der Waals surface area contributed by atoms with Crippen LogP contribution in [0, 0.1) is 20.8 Å². The number of rotatable bonds is 18. The topological polar surface area (TPSA) is 342 Å². The van der Waals surface area contributed by atoms with Crippen LogP contribution in [-0.4, -0.2) is 99.9 Å². The Hall–Kier alpha value is -9.66. The van der Waals surface area contributed by atoms with E-state index in [9.17, 15) is 28.8 Å². The molecule has 0 saturated heterocycles. The second-order valence-electron chi connectivity index (χ2n) is 27.2. The highest BCUT2D eigenvalue weighted by atomic mass is 16.1. The van der Waals surface area contributed by atoms with Crippen molar-refractivity contribution in [3.8, 4) is 0 Å². The van der Waals surface area contributed by atoms with E-state index in [2.05, 4.69) is 126 Å². The van der Waals surface area contributed by atoms with Gasteiger partial charge in [-0.2, -0.15) is 0 Å². The molecule has 6 unspecified atom stereocenters. The third-order valence-electron chi connectivity index (χ3n) is 17.9. The van der Waals surface area contributed by atoms with E-state index in [0.717, 1.165) is 82.5 Å². The van der Waals surface area contributed by atoms with Crippen molar-refractivity contribution in [2.45, 2.75) is 170 Å². The summed E-state index contributed by atoms with van der Waals surface area (Å²) in [4.78, 5) is 83.2. The van der Waals surface area contributed by atoms with Crippen LogP contribution in [0.15, 0.2) is 165 Å². The number of nitrogens with one attached hydrogen (secondary N) is 5. The Morgan fingerprint density at radius 3 is 1.26 bits per heavy atom. The van der Waals surface area contributed by atoms with Crippen molar-refractivity contribution in [2.24, 2.45) is 34.4 Å². The number of carbonyl (C=O) groups is 6. The van der Waals surface area contributed by atoms with Crippen LogP contribution >= 0.6 is 0 Å². The first kappa shape index (κ1) is 75.7. The number of benzene rings is 6. The largest absolute Gasteiger partial charge is 0.361 e. The number of hydrogen-bond acceptors (Lipinski definition) is 12. The molecule has 0 bridgehead atoms. The number of aromatic amines is 5. The number of para-hydroxylation sites is 3. The van der Waals surface area contributed by atoms with E-state index >= 15 is 0 Å². The molecule has 6 aromatic heterocycles. The van der Waals surface area contributed by atoms with Crippen LogP contribution in [0.4, 0.5) is 0 Å². The molecule has 12 aromatic rings. The van der Waals surface area contributed by atoms with Crippen molar-refractivity contribution in [1.82, 2.24) is 29.5 Å². The van der Waals surface area contributed by atoms with Gasteiger partial charge < -0.3 is 63.9 Å². The van der Waals surface area contributed by atoms with Crippen LogP contribution in [0.25, 0.3) is 65.4 Å². The van der Waals surface area contributed by atoms with Crippen LogP contribution in [0.5, 0.6) is 0 Å². The minimum Gasteiger partial charge on any atom is -0.361 e. The molecule has 98 heavy (non-hydrogen) atoms. The van der Waals surface area contributed by atoms with Gasteiger partial charge in [-0.1, -0.05) is 90.5 Å². The van der Waals surface area contributed by atoms with Crippen LogP contribution in [0.3, 0.4) is 0 Å². The zero-order valence-electron chi connectivity index (χ0n) is 59.1. The van der Waals surface area contributed by atoms with Gasteiger partial charge in [-0.25, -0.2) is 0 Å². The van der Waals surface area contributed by atoms with E-state index in [1.54, 1.807) is 13.8 Å². The smallest absolute Gasteiger partial charge is 0.149 e. The number of hydrogen-bond donors (Lipinski definition) is 11. The van der Waals surface area contributed by atoms with E-state index in [1.807, 2.05) is 110 Å². The molecule has 17 N–H and O–H groups in total. The summed E-state index contributed by atoms with van der Waals surface area (Å²) in [5.74, 6) is 0.164. The Balaban J connectivity index is 0.000000166. The van der Waals surface area contributed by atoms with Crippen molar-refractivity contribution < 1.29 is 28.8 Å². The maximum Gasteiger partial charge on any atom is 0.149 e. The van der Waals surface area contributed by atoms with E-state index in [-0.39, 0.29) is 40.2 Å². The van der Waals surface area contributed by atoms with Crippen LogP contribution in [0.1, 0.15) is 119 Å². The van der Waals surface area contributed by atoms with Gasteiger partial charge in [-0.15, -0.1) is 0 Å². The zero-order chi connectivity index (χ0) is 71.9. The summed E-state index contributed by atoms with van der Waals surface area (Å²) in [5, 5.41) is 6.99. The van der Waals surface area contributed by atoms with E-state index in [0.29, 0.717) is 38.5 Å². The third-order valence-corrected chi connectivity index (χ3v) is 17.9. The molecule has 0 aliphatic carbocycles. The molecule has 6 heterocycles. The molecule has 516 valence electrons. The Labute approximate surface area is 574 Å². The monoisotopic (exact) mass is 1320 g/mol. The van der Waals surface area contributed by atoms with Crippen LogP contribution in [-0.2, 0) is 72.8 Å². The number of fused-ring (bicyclic) bond motifs is 6. The molecule has 0 fully saturated rings. The maximum absolute atomic E-state index is 11.4. The average Bonchev–Trinajstić information content (AvgIpc) is 1.63. The SMILES string of the molecule is CC(=O)C(C)(N)Cc1c[nH]c2ccccc12.CC(=O)C(N)Cc1c[nH]c2cc(C)ccc12.CC(=O)C(N)Cc1c[nH]c2ccc(C)cc12.CC(=O)C(N)Cc1c[nH]c2cccc(C)c12.CC(=O)C(N)Cc1c[nH]c2ccccc12.CC(=O)C(N)Cc1cn(C(C)(C)C)c2ccccc12. The molecule has 12 rings (SSSR count). The number of carbonyl (C=O) groups excluding carboxylic acids is 6. The molecule has 0 aliphatic rings. The molecule has 0 amide bonds. The van der Waals surface area contributed by atoms with Crippen LogP contribution < -0.4 is 34.4 Å². The van der Waals surface area contributed by atoms with Crippen molar-refractivity contribution in [3.05, 3.63) is 215 Å². The van der Waals surface area contributed by atoms with E-state index in [1.165, 1.54) is 67.6 Å². The second-order valence-corrected chi connectivity index (χ2v) is 27.2. The van der Waals surface area contributed by atoms with Gasteiger partial charge in [0.15, 0.2) is 0 Å². The van der Waals surface area contributed by atoms with Gasteiger partial charge in [0.05, 0.1) is 35.7 Å². The Morgan fingerprint density at radius 1 is 0.388 bits per heavy atom. The molecular weight excluding hydrogens is 1220 g/mol. The summed E-state index contributed by atoms with van der Waals surface area (Å²) in [6.45, 7) is 23.7. The van der Waals surface area contributed by atoms with Crippen LogP contribution in [0.2, 0.25) is 0 Å². The molecular formula is C80H100N12O6.